The molecule has 2 aromatic carbocycles. The van der Waals surface area contributed by atoms with Crippen molar-refractivity contribution in [3.05, 3.63) is 92.0 Å². The van der Waals surface area contributed by atoms with Crippen LogP contribution in [0.3, 0.4) is 0 Å². The van der Waals surface area contributed by atoms with Crippen LogP contribution >= 0.6 is 34.5 Å². The van der Waals surface area contributed by atoms with Crippen LogP contribution in [0.1, 0.15) is 48.2 Å². The van der Waals surface area contributed by atoms with Crippen molar-refractivity contribution >= 4 is 40.4 Å². The standard InChI is InChI=1S/C27H27Cl2NO3S/c1-16(2)33-24(26(31)18-6-7-18)13-17-5-9-21(25-4-3-11-34-25)19(12-17)15-30-27(32)22-10-8-20(28)14-23(22)29/h3-5,8-12,14,16,24,31H,6-7,13,15H2,1-2H3,(H,30,32). The molecule has 2 N–H and O–H groups in total. The van der Waals surface area contributed by atoms with Gasteiger partial charge in [0.05, 0.1) is 16.7 Å². The smallest absolute Gasteiger partial charge is 0.253 e. The maximum atomic E-state index is 12.8. The minimum Gasteiger partial charge on any atom is -0.510 e. The normalized spacial score (nSPS) is 13.7. The van der Waals surface area contributed by atoms with Crippen LogP contribution in [0.2, 0.25) is 10.0 Å². The zero-order valence-electron chi connectivity index (χ0n) is 19.1. The molecule has 34 heavy (non-hydrogen) atoms. The highest BCUT2D eigenvalue weighted by Crippen LogP contribution is 2.34. The van der Waals surface area contributed by atoms with E-state index in [4.69, 9.17) is 27.9 Å². The number of allylic oxidation sites excluding steroid dienone is 1. The zero-order valence-corrected chi connectivity index (χ0v) is 21.4. The molecular formula is C27H27Cl2NO3S. The minimum absolute atomic E-state index is 0.000208. The minimum atomic E-state index is -0.375. The first-order chi connectivity index (χ1) is 16.3. The molecule has 0 aliphatic heterocycles. The highest BCUT2D eigenvalue weighted by molar-refractivity contribution is 7.13. The molecule has 7 heteroatoms. The van der Waals surface area contributed by atoms with Crippen LogP contribution in [-0.4, -0.2) is 23.2 Å². The van der Waals surface area contributed by atoms with E-state index >= 15 is 0 Å². The van der Waals surface area contributed by atoms with Gasteiger partial charge in [0, 0.05) is 22.9 Å². The molecule has 0 bridgehead atoms. The molecule has 1 aliphatic rings. The van der Waals surface area contributed by atoms with Crippen molar-refractivity contribution in [2.24, 2.45) is 0 Å². The van der Waals surface area contributed by atoms with Crippen molar-refractivity contribution in [3.8, 4) is 10.4 Å². The summed E-state index contributed by atoms with van der Waals surface area (Å²) in [4.78, 5) is 13.9. The molecular weight excluding hydrogens is 489 g/mol. The van der Waals surface area contributed by atoms with Crippen molar-refractivity contribution in [2.45, 2.75) is 51.9 Å². The van der Waals surface area contributed by atoms with Gasteiger partial charge in [0.15, 0.2) is 0 Å². The number of carbonyl (C=O) groups excluding carboxylic acids is 1. The van der Waals surface area contributed by atoms with Crippen LogP contribution in [0.4, 0.5) is 0 Å². The fourth-order valence-electron chi connectivity index (χ4n) is 3.83. The van der Waals surface area contributed by atoms with E-state index < -0.39 is 0 Å². The molecule has 1 unspecified atom stereocenters. The number of hydrogen-bond donors (Lipinski definition) is 2. The molecule has 3 aromatic rings. The fourth-order valence-corrected chi connectivity index (χ4v) is 5.12. The number of nitrogens with one attached hydrogen (secondary N) is 1. The van der Waals surface area contributed by atoms with E-state index in [2.05, 4.69) is 29.6 Å². The van der Waals surface area contributed by atoms with Gasteiger partial charge in [-0.2, -0.15) is 0 Å². The molecule has 1 saturated carbocycles. The Morgan fingerprint density at radius 2 is 1.94 bits per heavy atom. The number of hydrogen-bond acceptors (Lipinski definition) is 4. The van der Waals surface area contributed by atoms with Gasteiger partial charge in [-0.15, -0.1) is 11.3 Å². The number of thiophene rings is 1. The number of ether oxygens (including phenoxy) is 1. The number of rotatable bonds is 9. The Morgan fingerprint density at radius 3 is 2.59 bits per heavy atom. The number of benzene rings is 2. The Morgan fingerprint density at radius 1 is 1.15 bits per heavy atom. The SMILES string of the molecule is CC(C)OC(Cc1ccc(-c2cccs2)c(CNC(=O)c2ccc(Cl)cc2Cl)c1)C(O)=C1CC1. The number of amides is 1. The maximum Gasteiger partial charge on any atom is 0.253 e. The van der Waals surface area contributed by atoms with Crippen molar-refractivity contribution in [1.29, 1.82) is 0 Å². The van der Waals surface area contributed by atoms with Crippen molar-refractivity contribution in [1.82, 2.24) is 5.32 Å². The summed E-state index contributed by atoms with van der Waals surface area (Å²) in [5.41, 5.74) is 4.54. The second-order valence-corrected chi connectivity index (χ2v) is 10.4. The second-order valence-electron chi connectivity index (χ2n) is 8.64. The largest absolute Gasteiger partial charge is 0.510 e. The fraction of sp³-hybridized carbons (Fsp3) is 0.296. The van der Waals surface area contributed by atoms with Crippen molar-refractivity contribution in [3.63, 3.8) is 0 Å². The molecule has 178 valence electrons. The van der Waals surface area contributed by atoms with Crippen LogP contribution in [-0.2, 0) is 17.7 Å². The molecule has 0 radical (unpaired) electrons. The quantitative estimate of drug-likeness (QED) is 0.288. The highest BCUT2D eigenvalue weighted by Gasteiger charge is 2.26. The van der Waals surface area contributed by atoms with Crippen LogP contribution in [0, 0.1) is 0 Å². The Kier molecular flexibility index (Phi) is 7.99. The first kappa shape index (κ1) is 24.8. The Balaban J connectivity index is 1.58. The van der Waals surface area contributed by atoms with Gasteiger partial charge in [-0.3, -0.25) is 4.79 Å². The van der Waals surface area contributed by atoms with Crippen molar-refractivity contribution in [2.75, 3.05) is 0 Å². The first-order valence-electron chi connectivity index (χ1n) is 11.3. The van der Waals surface area contributed by atoms with Gasteiger partial charge in [-0.1, -0.05) is 47.5 Å². The monoisotopic (exact) mass is 515 g/mol. The number of aliphatic hydroxyl groups excluding tert-OH is 1. The maximum absolute atomic E-state index is 12.8. The topological polar surface area (TPSA) is 58.6 Å². The molecule has 1 amide bonds. The zero-order chi connectivity index (χ0) is 24.2. The van der Waals surface area contributed by atoms with Crippen LogP contribution in [0.15, 0.2) is 65.2 Å². The summed E-state index contributed by atoms with van der Waals surface area (Å²) in [6.45, 7) is 4.28. The molecule has 1 fully saturated rings. The predicted octanol–water partition coefficient (Wildman–Crippen LogP) is 7.59. The Labute approximate surface area is 214 Å². The highest BCUT2D eigenvalue weighted by atomic mass is 35.5. The van der Waals surface area contributed by atoms with Gasteiger partial charge in [-0.05, 0) is 78.6 Å². The van der Waals surface area contributed by atoms with Crippen LogP contribution in [0.25, 0.3) is 10.4 Å². The Hall–Kier alpha value is -2.31. The van der Waals surface area contributed by atoms with E-state index in [1.165, 1.54) is 0 Å². The molecule has 4 nitrogen and oxygen atoms in total. The van der Waals surface area contributed by atoms with E-state index in [1.54, 1.807) is 29.5 Å². The molecule has 1 heterocycles. The van der Waals surface area contributed by atoms with Crippen LogP contribution < -0.4 is 5.32 Å². The van der Waals surface area contributed by atoms with Gasteiger partial charge >= 0.3 is 0 Å². The molecule has 1 aromatic heterocycles. The van der Waals surface area contributed by atoms with Gasteiger partial charge in [0.1, 0.15) is 11.9 Å². The summed E-state index contributed by atoms with van der Waals surface area (Å²) in [5, 5.41) is 16.5. The average Bonchev–Trinajstić information content (AvgIpc) is 3.50. The number of aliphatic hydroxyl groups is 1. The van der Waals surface area contributed by atoms with E-state index in [0.717, 1.165) is 40.0 Å². The Bertz CT molecular complexity index is 1200. The van der Waals surface area contributed by atoms with Gasteiger partial charge in [0.2, 0.25) is 0 Å². The van der Waals surface area contributed by atoms with E-state index in [9.17, 15) is 9.90 Å². The summed E-state index contributed by atoms with van der Waals surface area (Å²) >= 11 is 13.8. The summed E-state index contributed by atoms with van der Waals surface area (Å²) in [6, 6.07) is 15.1. The average molecular weight is 516 g/mol. The third-order valence-corrected chi connectivity index (χ3v) is 7.05. The summed E-state index contributed by atoms with van der Waals surface area (Å²) in [6.07, 6.45) is 2.06. The third-order valence-electron chi connectivity index (χ3n) is 5.60. The predicted molar refractivity (Wildman–Crippen MR) is 140 cm³/mol. The molecule has 0 spiro atoms. The summed E-state index contributed by atoms with van der Waals surface area (Å²) < 4.78 is 6.04. The lowest BCUT2D eigenvalue weighted by Crippen LogP contribution is -2.24. The van der Waals surface area contributed by atoms with Gasteiger partial charge in [0.25, 0.3) is 5.91 Å². The number of carbonyl (C=O) groups is 1. The second kappa shape index (κ2) is 11.0. The van der Waals surface area contributed by atoms with E-state index in [0.29, 0.717) is 34.3 Å². The van der Waals surface area contributed by atoms with Gasteiger partial charge in [-0.25, -0.2) is 0 Å². The van der Waals surface area contributed by atoms with Crippen molar-refractivity contribution < 1.29 is 14.6 Å². The molecule has 1 atom stereocenters. The summed E-state index contributed by atoms with van der Waals surface area (Å²) in [7, 11) is 0. The first-order valence-corrected chi connectivity index (χ1v) is 12.9. The third kappa shape index (κ3) is 6.22. The lowest BCUT2D eigenvalue weighted by Gasteiger charge is -2.21. The van der Waals surface area contributed by atoms with Crippen LogP contribution in [0.5, 0.6) is 0 Å². The van der Waals surface area contributed by atoms with E-state index in [1.807, 2.05) is 25.3 Å². The molecule has 1 aliphatic carbocycles. The molecule has 0 saturated heterocycles. The van der Waals surface area contributed by atoms with E-state index in [-0.39, 0.29) is 18.1 Å². The lowest BCUT2D eigenvalue weighted by molar-refractivity contribution is 0.00692. The summed E-state index contributed by atoms with van der Waals surface area (Å²) in [5.74, 6) is 0.101. The van der Waals surface area contributed by atoms with Gasteiger partial charge < -0.3 is 15.2 Å². The molecule has 4 rings (SSSR count). The number of halogens is 2. The lowest BCUT2D eigenvalue weighted by atomic mass is 9.98.